The van der Waals surface area contributed by atoms with Gasteiger partial charge < -0.3 is 15.4 Å². The Hall–Kier alpha value is -0.610. The fraction of sp³-hybridized carbons (Fsp3) is 0.929. The molecule has 1 fully saturated rings. The van der Waals surface area contributed by atoms with Crippen LogP contribution in [0.3, 0.4) is 0 Å². The normalized spacial score (nSPS) is 16.8. The molecule has 1 aliphatic carbocycles. The Morgan fingerprint density at radius 3 is 2.67 bits per heavy atom. The Morgan fingerprint density at radius 2 is 2.06 bits per heavy atom. The number of hydrogen-bond donors (Lipinski definition) is 1. The van der Waals surface area contributed by atoms with Crippen molar-refractivity contribution in [3.05, 3.63) is 0 Å². The lowest BCUT2D eigenvalue weighted by Crippen LogP contribution is -2.44. The maximum Gasteiger partial charge on any atom is 0.222 e. The molecular formula is C14H28N2O2. The summed E-state index contributed by atoms with van der Waals surface area (Å²) >= 11 is 0. The number of carbonyl (C=O) groups excluding carboxylic acids is 1. The molecule has 1 amide bonds. The molecule has 0 aliphatic heterocycles. The minimum Gasteiger partial charge on any atom is -0.382 e. The van der Waals surface area contributed by atoms with Crippen molar-refractivity contribution in [3.8, 4) is 0 Å². The third kappa shape index (κ3) is 5.36. The van der Waals surface area contributed by atoms with Gasteiger partial charge in [0.2, 0.25) is 5.91 Å². The van der Waals surface area contributed by atoms with E-state index in [2.05, 4.69) is 0 Å². The lowest BCUT2D eigenvalue weighted by Gasteiger charge is -2.34. The quantitative estimate of drug-likeness (QED) is 0.675. The molecule has 0 bridgehead atoms. The molecule has 1 aliphatic rings. The van der Waals surface area contributed by atoms with Gasteiger partial charge in [-0.15, -0.1) is 0 Å². The van der Waals surface area contributed by atoms with Crippen LogP contribution in [0.25, 0.3) is 0 Å². The van der Waals surface area contributed by atoms with Gasteiger partial charge in [-0.05, 0) is 26.2 Å². The van der Waals surface area contributed by atoms with Crippen LogP contribution in [0.2, 0.25) is 0 Å². The van der Waals surface area contributed by atoms with Gasteiger partial charge in [0.1, 0.15) is 0 Å². The number of amides is 1. The first-order valence-electron chi connectivity index (χ1n) is 7.36. The molecule has 0 atom stereocenters. The minimum absolute atomic E-state index is 0.257. The molecule has 0 saturated heterocycles. The largest absolute Gasteiger partial charge is 0.382 e. The summed E-state index contributed by atoms with van der Waals surface area (Å²) in [4.78, 5) is 14.2. The van der Waals surface area contributed by atoms with Gasteiger partial charge in [0.25, 0.3) is 0 Å². The first kappa shape index (κ1) is 15.4. The fourth-order valence-electron chi connectivity index (χ4n) is 2.66. The summed E-state index contributed by atoms with van der Waals surface area (Å²) in [7, 11) is 0. The first-order valence-corrected chi connectivity index (χ1v) is 7.36. The number of nitrogens with two attached hydrogens (primary N) is 1. The van der Waals surface area contributed by atoms with Crippen molar-refractivity contribution >= 4 is 5.91 Å². The standard InChI is InChI=1S/C14H28N2O2/c1-2-18-12-6-9-14(17)16(11-10-15)13-7-4-3-5-8-13/h13H,2-12,15H2,1H3. The zero-order chi connectivity index (χ0) is 13.2. The van der Waals surface area contributed by atoms with E-state index >= 15 is 0 Å². The van der Waals surface area contributed by atoms with Crippen LogP contribution in [0.1, 0.15) is 51.9 Å². The van der Waals surface area contributed by atoms with Crippen molar-refractivity contribution in [2.75, 3.05) is 26.3 Å². The first-order chi connectivity index (χ1) is 8.79. The second-order valence-electron chi connectivity index (χ2n) is 4.97. The van der Waals surface area contributed by atoms with Crippen molar-refractivity contribution in [1.29, 1.82) is 0 Å². The predicted molar refractivity (Wildman–Crippen MR) is 73.4 cm³/mol. The van der Waals surface area contributed by atoms with Crippen molar-refractivity contribution < 1.29 is 9.53 Å². The summed E-state index contributed by atoms with van der Waals surface area (Å²) in [6.07, 6.45) is 7.52. The van der Waals surface area contributed by atoms with Gasteiger partial charge in [-0.2, -0.15) is 0 Å². The number of carbonyl (C=O) groups is 1. The number of rotatable bonds is 8. The molecule has 4 heteroatoms. The molecule has 0 aromatic carbocycles. The maximum atomic E-state index is 12.2. The van der Waals surface area contributed by atoms with Crippen LogP contribution < -0.4 is 5.73 Å². The van der Waals surface area contributed by atoms with Crippen molar-refractivity contribution in [2.45, 2.75) is 57.9 Å². The van der Waals surface area contributed by atoms with Crippen molar-refractivity contribution in [2.24, 2.45) is 5.73 Å². The van der Waals surface area contributed by atoms with Crippen LogP contribution in [0.15, 0.2) is 0 Å². The van der Waals surface area contributed by atoms with Crippen LogP contribution in [0.4, 0.5) is 0 Å². The maximum absolute atomic E-state index is 12.2. The molecule has 1 rings (SSSR count). The van der Waals surface area contributed by atoms with Crippen LogP contribution in [-0.4, -0.2) is 43.2 Å². The Bertz CT molecular complexity index is 228. The van der Waals surface area contributed by atoms with Gasteiger partial charge in [0.05, 0.1) is 0 Å². The Morgan fingerprint density at radius 1 is 1.33 bits per heavy atom. The molecule has 1 saturated carbocycles. The van der Waals surface area contributed by atoms with Gasteiger partial charge in [-0.3, -0.25) is 4.79 Å². The average molecular weight is 256 g/mol. The number of ether oxygens (including phenoxy) is 1. The lowest BCUT2D eigenvalue weighted by molar-refractivity contribution is -0.134. The Balaban J connectivity index is 2.36. The molecule has 18 heavy (non-hydrogen) atoms. The number of nitrogens with zero attached hydrogens (tertiary/aromatic N) is 1. The highest BCUT2D eigenvalue weighted by atomic mass is 16.5. The van der Waals surface area contributed by atoms with E-state index in [1.807, 2.05) is 11.8 Å². The molecule has 2 N–H and O–H groups in total. The lowest BCUT2D eigenvalue weighted by atomic mass is 9.94. The summed E-state index contributed by atoms with van der Waals surface area (Å²) in [6.45, 7) is 4.66. The predicted octanol–water partition coefficient (Wildman–Crippen LogP) is 1.92. The number of hydrogen-bond acceptors (Lipinski definition) is 3. The van der Waals surface area contributed by atoms with Crippen LogP contribution in [-0.2, 0) is 9.53 Å². The molecule has 0 aromatic heterocycles. The molecule has 0 radical (unpaired) electrons. The molecule has 0 unspecified atom stereocenters. The van der Waals surface area contributed by atoms with Crippen molar-refractivity contribution in [1.82, 2.24) is 4.90 Å². The van der Waals surface area contributed by atoms with Crippen LogP contribution >= 0.6 is 0 Å². The third-order valence-corrected chi connectivity index (χ3v) is 3.59. The van der Waals surface area contributed by atoms with E-state index in [-0.39, 0.29) is 5.91 Å². The summed E-state index contributed by atoms with van der Waals surface area (Å²) in [5.74, 6) is 0.257. The van der Waals surface area contributed by atoms with E-state index < -0.39 is 0 Å². The van der Waals surface area contributed by atoms with Gasteiger partial charge >= 0.3 is 0 Å². The molecular weight excluding hydrogens is 228 g/mol. The average Bonchev–Trinajstić information content (AvgIpc) is 2.41. The minimum atomic E-state index is 0.257. The molecule has 0 heterocycles. The van der Waals surface area contributed by atoms with E-state index in [0.29, 0.717) is 32.2 Å². The smallest absolute Gasteiger partial charge is 0.222 e. The third-order valence-electron chi connectivity index (χ3n) is 3.59. The summed E-state index contributed by atoms with van der Waals surface area (Å²) < 4.78 is 5.27. The van der Waals surface area contributed by atoms with E-state index in [9.17, 15) is 4.79 Å². The molecule has 0 aromatic rings. The second-order valence-corrected chi connectivity index (χ2v) is 4.97. The van der Waals surface area contributed by atoms with E-state index in [1.54, 1.807) is 0 Å². The monoisotopic (exact) mass is 256 g/mol. The second kappa shape index (κ2) is 9.34. The summed E-state index contributed by atoms with van der Waals surface area (Å²) in [5, 5.41) is 0. The van der Waals surface area contributed by atoms with Crippen molar-refractivity contribution in [3.63, 3.8) is 0 Å². The highest BCUT2D eigenvalue weighted by Crippen LogP contribution is 2.23. The Kier molecular flexibility index (Phi) is 8.01. The highest BCUT2D eigenvalue weighted by Gasteiger charge is 2.24. The van der Waals surface area contributed by atoms with Gasteiger partial charge in [-0.1, -0.05) is 19.3 Å². The van der Waals surface area contributed by atoms with Crippen LogP contribution in [0.5, 0.6) is 0 Å². The molecule has 4 nitrogen and oxygen atoms in total. The molecule has 0 spiro atoms. The Labute approximate surface area is 111 Å². The zero-order valence-electron chi connectivity index (χ0n) is 11.7. The van der Waals surface area contributed by atoms with E-state index in [0.717, 1.165) is 25.9 Å². The summed E-state index contributed by atoms with van der Waals surface area (Å²) in [5.41, 5.74) is 5.63. The molecule has 106 valence electrons. The fourth-order valence-corrected chi connectivity index (χ4v) is 2.66. The van der Waals surface area contributed by atoms with Gasteiger partial charge in [-0.25, -0.2) is 0 Å². The van der Waals surface area contributed by atoms with Gasteiger partial charge in [0.15, 0.2) is 0 Å². The van der Waals surface area contributed by atoms with Crippen LogP contribution in [0, 0.1) is 0 Å². The SMILES string of the molecule is CCOCCCC(=O)N(CCN)C1CCCCC1. The van der Waals surface area contributed by atoms with Gasteiger partial charge in [0, 0.05) is 38.8 Å². The van der Waals surface area contributed by atoms with E-state index in [1.165, 1.54) is 19.3 Å². The topological polar surface area (TPSA) is 55.6 Å². The van der Waals surface area contributed by atoms with E-state index in [4.69, 9.17) is 10.5 Å². The highest BCUT2D eigenvalue weighted by molar-refractivity contribution is 5.76. The zero-order valence-corrected chi connectivity index (χ0v) is 11.7. The summed E-state index contributed by atoms with van der Waals surface area (Å²) in [6, 6.07) is 0.432.